The molecule has 0 aliphatic rings. The van der Waals surface area contributed by atoms with Crippen LogP contribution in [0.15, 0.2) is 35.2 Å². The monoisotopic (exact) mass is 256 g/mol. The summed E-state index contributed by atoms with van der Waals surface area (Å²) >= 11 is 0. The van der Waals surface area contributed by atoms with Crippen LogP contribution in [-0.4, -0.2) is 24.9 Å². The van der Waals surface area contributed by atoms with Crippen molar-refractivity contribution in [1.82, 2.24) is 0 Å². The molecule has 0 heterocycles. The molecule has 4 heteroatoms. The lowest BCUT2D eigenvalue weighted by atomic mass is 10.1. The van der Waals surface area contributed by atoms with Gasteiger partial charge in [0.05, 0.1) is 16.2 Å². The zero-order chi connectivity index (χ0) is 13.1. The summed E-state index contributed by atoms with van der Waals surface area (Å²) in [6, 6.07) is 8.32. The molecular weight excluding hydrogens is 236 g/mol. The van der Waals surface area contributed by atoms with E-state index in [-0.39, 0.29) is 10.8 Å². The van der Waals surface area contributed by atoms with Crippen LogP contribution < -0.4 is 0 Å². The van der Waals surface area contributed by atoms with Gasteiger partial charge in [-0.05, 0) is 31.4 Å². The summed E-state index contributed by atoms with van der Waals surface area (Å²) in [5.74, 6) is 0.230. The van der Waals surface area contributed by atoms with Crippen LogP contribution in [0.3, 0.4) is 0 Å². The van der Waals surface area contributed by atoms with Crippen LogP contribution in [0.4, 0.5) is 0 Å². The quantitative estimate of drug-likeness (QED) is 0.879. The predicted octanol–water partition coefficient (Wildman–Crippen LogP) is 2.26. The molecule has 0 unspecified atom stereocenters. The van der Waals surface area contributed by atoms with Crippen molar-refractivity contribution < 1.29 is 13.5 Å². The van der Waals surface area contributed by atoms with Crippen molar-refractivity contribution in [3.8, 4) is 0 Å². The van der Waals surface area contributed by atoms with Crippen LogP contribution in [0.5, 0.6) is 0 Å². The summed E-state index contributed by atoms with van der Waals surface area (Å²) < 4.78 is 24.7. The molecule has 0 saturated heterocycles. The average molecular weight is 256 g/mol. The molecule has 0 fully saturated rings. The molecule has 0 aliphatic heterocycles. The van der Waals surface area contributed by atoms with E-state index in [1.165, 1.54) is 6.92 Å². The molecule has 0 radical (unpaired) electrons. The minimum atomic E-state index is -3.45. The molecule has 1 rings (SSSR count). The second-order valence-corrected chi connectivity index (χ2v) is 6.93. The minimum Gasteiger partial charge on any atom is -0.392 e. The van der Waals surface area contributed by atoms with E-state index < -0.39 is 21.2 Å². The number of hydrogen-bond acceptors (Lipinski definition) is 3. The Bertz CT molecular complexity index is 435. The fraction of sp³-hybridized carbons (Fsp3) is 0.538. The van der Waals surface area contributed by atoms with E-state index in [9.17, 15) is 13.5 Å². The second kappa shape index (κ2) is 5.65. The first-order valence-corrected chi connectivity index (χ1v) is 7.37. The Hall–Kier alpha value is -0.870. The van der Waals surface area contributed by atoms with Crippen LogP contribution in [0.2, 0.25) is 0 Å². The van der Waals surface area contributed by atoms with Crippen LogP contribution >= 0.6 is 0 Å². The number of aliphatic hydroxyl groups excluding tert-OH is 1. The van der Waals surface area contributed by atoms with Crippen LogP contribution in [-0.2, 0) is 9.84 Å². The van der Waals surface area contributed by atoms with E-state index in [1.807, 2.05) is 13.8 Å². The van der Waals surface area contributed by atoms with E-state index in [4.69, 9.17) is 0 Å². The smallest absolute Gasteiger partial charge is 0.183 e. The van der Waals surface area contributed by atoms with Gasteiger partial charge in [-0.3, -0.25) is 0 Å². The normalized spacial score (nSPS) is 15.8. The largest absolute Gasteiger partial charge is 0.392 e. The third-order valence-electron chi connectivity index (χ3n) is 2.71. The summed E-state index contributed by atoms with van der Waals surface area (Å²) in [6.45, 7) is 5.44. The standard InChI is InChI=1S/C13H20O3S/c1-10(2)9-13(11(3)14)17(15,16)12-7-5-4-6-8-12/h4-8,10-11,13-14H,9H2,1-3H3/t11-,13-/m1/s1. The van der Waals surface area contributed by atoms with Crippen molar-refractivity contribution >= 4 is 9.84 Å². The van der Waals surface area contributed by atoms with E-state index in [0.29, 0.717) is 6.42 Å². The highest BCUT2D eigenvalue weighted by molar-refractivity contribution is 7.92. The van der Waals surface area contributed by atoms with Crippen molar-refractivity contribution in [3.63, 3.8) is 0 Å². The molecule has 0 saturated carbocycles. The molecule has 1 aromatic carbocycles. The Morgan fingerprint density at radius 2 is 1.65 bits per heavy atom. The first-order valence-electron chi connectivity index (χ1n) is 5.82. The summed E-state index contributed by atoms with van der Waals surface area (Å²) in [6.07, 6.45) is -0.392. The zero-order valence-electron chi connectivity index (χ0n) is 10.5. The van der Waals surface area contributed by atoms with Crippen LogP contribution in [0.25, 0.3) is 0 Å². The lowest BCUT2D eigenvalue weighted by Crippen LogP contribution is -2.33. The topological polar surface area (TPSA) is 54.4 Å². The third kappa shape index (κ3) is 3.54. The van der Waals surface area contributed by atoms with Gasteiger partial charge < -0.3 is 5.11 Å². The van der Waals surface area contributed by atoms with Gasteiger partial charge in [0, 0.05) is 0 Å². The van der Waals surface area contributed by atoms with Crippen molar-refractivity contribution in [1.29, 1.82) is 0 Å². The van der Waals surface area contributed by atoms with Gasteiger partial charge in [-0.2, -0.15) is 0 Å². The third-order valence-corrected chi connectivity index (χ3v) is 5.02. The first kappa shape index (κ1) is 14.2. The van der Waals surface area contributed by atoms with E-state index in [2.05, 4.69) is 0 Å². The fourth-order valence-corrected chi connectivity index (χ4v) is 3.88. The van der Waals surface area contributed by atoms with Crippen molar-refractivity contribution in [3.05, 3.63) is 30.3 Å². The van der Waals surface area contributed by atoms with Gasteiger partial charge in [-0.15, -0.1) is 0 Å². The Morgan fingerprint density at radius 3 is 2.06 bits per heavy atom. The summed E-state index contributed by atoms with van der Waals surface area (Å²) in [5.41, 5.74) is 0. The highest BCUT2D eigenvalue weighted by atomic mass is 32.2. The number of rotatable bonds is 5. The van der Waals surface area contributed by atoms with Crippen molar-refractivity contribution in [2.75, 3.05) is 0 Å². The highest BCUT2D eigenvalue weighted by Crippen LogP contribution is 2.23. The van der Waals surface area contributed by atoms with Gasteiger partial charge in [0.2, 0.25) is 0 Å². The summed E-state index contributed by atoms with van der Waals surface area (Å²) in [5, 5.41) is 8.95. The van der Waals surface area contributed by atoms with Crippen molar-refractivity contribution in [2.24, 2.45) is 5.92 Å². The Kier molecular flexibility index (Phi) is 4.71. The Morgan fingerprint density at radius 1 is 1.12 bits per heavy atom. The molecule has 96 valence electrons. The van der Waals surface area contributed by atoms with Gasteiger partial charge in [0.1, 0.15) is 0 Å². The maximum atomic E-state index is 12.3. The lowest BCUT2D eigenvalue weighted by molar-refractivity contribution is 0.178. The number of benzene rings is 1. The van der Waals surface area contributed by atoms with Gasteiger partial charge in [-0.25, -0.2) is 8.42 Å². The molecule has 0 aliphatic carbocycles. The van der Waals surface area contributed by atoms with Gasteiger partial charge in [0.25, 0.3) is 0 Å². The van der Waals surface area contributed by atoms with Gasteiger partial charge in [0.15, 0.2) is 9.84 Å². The molecular formula is C13H20O3S. The minimum absolute atomic E-state index is 0.230. The van der Waals surface area contributed by atoms with E-state index in [1.54, 1.807) is 30.3 Å². The molecule has 3 nitrogen and oxygen atoms in total. The lowest BCUT2D eigenvalue weighted by Gasteiger charge is -2.22. The predicted molar refractivity (Wildman–Crippen MR) is 68.6 cm³/mol. The first-order chi connectivity index (χ1) is 7.85. The van der Waals surface area contributed by atoms with Crippen LogP contribution in [0, 0.1) is 5.92 Å². The number of hydrogen-bond donors (Lipinski definition) is 1. The molecule has 2 atom stereocenters. The van der Waals surface area contributed by atoms with Crippen LogP contribution in [0.1, 0.15) is 27.2 Å². The molecule has 0 aromatic heterocycles. The van der Waals surface area contributed by atoms with Crippen molar-refractivity contribution in [2.45, 2.75) is 43.4 Å². The molecule has 0 spiro atoms. The SMILES string of the molecule is CC(C)C[C@H]([C@@H](C)O)S(=O)(=O)c1ccccc1. The number of sulfone groups is 1. The molecule has 1 N–H and O–H groups in total. The summed E-state index contributed by atoms with van der Waals surface area (Å²) in [4.78, 5) is 0.284. The Labute approximate surface area is 103 Å². The highest BCUT2D eigenvalue weighted by Gasteiger charge is 2.31. The average Bonchev–Trinajstić information content (AvgIpc) is 2.26. The maximum Gasteiger partial charge on any atom is 0.183 e. The second-order valence-electron chi connectivity index (χ2n) is 4.77. The molecule has 0 bridgehead atoms. The van der Waals surface area contributed by atoms with E-state index >= 15 is 0 Å². The number of aliphatic hydroxyl groups is 1. The van der Waals surface area contributed by atoms with E-state index in [0.717, 1.165) is 0 Å². The van der Waals surface area contributed by atoms with Gasteiger partial charge >= 0.3 is 0 Å². The molecule has 17 heavy (non-hydrogen) atoms. The zero-order valence-corrected chi connectivity index (χ0v) is 11.3. The molecule has 0 amide bonds. The molecule has 1 aromatic rings. The fourth-order valence-electron chi connectivity index (χ4n) is 1.83. The maximum absolute atomic E-state index is 12.3. The van der Waals surface area contributed by atoms with Gasteiger partial charge in [-0.1, -0.05) is 32.0 Å². The summed E-state index contributed by atoms with van der Waals surface area (Å²) in [7, 11) is -3.45. The Balaban J connectivity index is 3.10.